The highest BCUT2D eigenvalue weighted by Gasteiger charge is 2.32. The molecule has 2 aliphatic heterocycles. The van der Waals surface area contributed by atoms with Crippen molar-refractivity contribution in [1.82, 2.24) is 15.1 Å². The number of nitrogens with zero attached hydrogens (tertiary/aromatic N) is 2. The van der Waals surface area contributed by atoms with Gasteiger partial charge in [0.25, 0.3) is 0 Å². The van der Waals surface area contributed by atoms with Crippen molar-refractivity contribution in [2.24, 2.45) is 5.92 Å². The summed E-state index contributed by atoms with van der Waals surface area (Å²) in [7, 11) is 0. The van der Waals surface area contributed by atoms with Crippen LogP contribution in [0.2, 0.25) is 0 Å². The van der Waals surface area contributed by atoms with E-state index in [4.69, 9.17) is 0 Å². The Morgan fingerprint density at radius 2 is 1.84 bits per heavy atom. The molecule has 2 aliphatic rings. The average molecular weight is 343 g/mol. The minimum absolute atomic E-state index is 0.0822. The molecule has 0 saturated carbocycles. The van der Waals surface area contributed by atoms with Gasteiger partial charge in [-0.25, -0.2) is 0 Å². The lowest BCUT2D eigenvalue weighted by molar-refractivity contribution is -0.142. The van der Waals surface area contributed by atoms with Crippen molar-refractivity contribution in [3.63, 3.8) is 0 Å². The first-order chi connectivity index (χ1) is 12.1. The summed E-state index contributed by atoms with van der Waals surface area (Å²) < 4.78 is 0. The van der Waals surface area contributed by atoms with E-state index >= 15 is 0 Å². The summed E-state index contributed by atoms with van der Waals surface area (Å²) >= 11 is 0. The zero-order valence-corrected chi connectivity index (χ0v) is 15.1. The van der Waals surface area contributed by atoms with E-state index in [1.165, 1.54) is 5.56 Å². The summed E-state index contributed by atoms with van der Waals surface area (Å²) in [6, 6.07) is 10.4. The predicted octanol–water partition coefficient (Wildman–Crippen LogP) is 1.68. The maximum Gasteiger partial charge on any atom is 0.226 e. The van der Waals surface area contributed by atoms with Crippen LogP contribution in [0.3, 0.4) is 0 Å². The Kier molecular flexibility index (Phi) is 6.08. The molecule has 25 heavy (non-hydrogen) atoms. The van der Waals surface area contributed by atoms with Crippen LogP contribution < -0.4 is 5.32 Å². The molecule has 0 radical (unpaired) electrons. The van der Waals surface area contributed by atoms with Crippen LogP contribution in [-0.2, 0) is 16.0 Å². The maximum atomic E-state index is 12.7. The molecule has 2 amide bonds. The molecule has 136 valence electrons. The molecule has 5 heteroatoms. The number of amides is 2. The molecule has 1 aromatic rings. The molecule has 1 N–H and O–H groups in total. The van der Waals surface area contributed by atoms with E-state index in [-0.39, 0.29) is 23.8 Å². The molecule has 0 bridgehead atoms. The van der Waals surface area contributed by atoms with Gasteiger partial charge in [-0.05, 0) is 31.7 Å². The van der Waals surface area contributed by atoms with Gasteiger partial charge in [0.2, 0.25) is 11.8 Å². The highest BCUT2D eigenvalue weighted by molar-refractivity contribution is 5.80. The van der Waals surface area contributed by atoms with Gasteiger partial charge in [-0.2, -0.15) is 0 Å². The second-order valence-electron chi connectivity index (χ2n) is 7.23. The van der Waals surface area contributed by atoms with E-state index in [2.05, 4.69) is 24.4 Å². The van der Waals surface area contributed by atoms with Crippen molar-refractivity contribution < 1.29 is 9.59 Å². The molecule has 2 saturated heterocycles. The normalized spacial score (nSPS) is 22.0. The second kappa shape index (κ2) is 8.48. The minimum atomic E-state index is 0.0822. The molecule has 0 aliphatic carbocycles. The largest absolute Gasteiger partial charge is 0.343 e. The maximum absolute atomic E-state index is 12.7. The predicted molar refractivity (Wildman–Crippen MR) is 98.1 cm³/mol. The van der Waals surface area contributed by atoms with Crippen LogP contribution in [0.1, 0.15) is 31.7 Å². The van der Waals surface area contributed by atoms with Crippen LogP contribution in [0.25, 0.3) is 0 Å². The summed E-state index contributed by atoms with van der Waals surface area (Å²) in [6.07, 6.45) is 2.94. The van der Waals surface area contributed by atoms with Crippen molar-refractivity contribution in [2.45, 2.75) is 38.6 Å². The summed E-state index contributed by atoms with van der Waals surface area (Å²) in [5.41, 5.74) is 1.20. The summed E-state index contributed by atoms with van der Waals surface area (Å²) in [4.78, 5) is 29.1. The molecule has 3 rings (SSSR count). The third-order valence-corrected chi connectivity index (χ3v) is 5.45. The Hall–Kier alpha value is -1.88. The summed E-state index contributed by atoms with van der Waals surface area (Å²) in [5.74, 6) is 0.578. The molecular weight excluding hydrogens is 314 g/mol. The number of nitrogens with one attached hydrogen (secondary N) is 1. The van der Waals surface area contributed by atoms with E-state index in [0.29, 0.717) is 19.5 Å². The third kappa shape index (κ3) is 4.60. The number of carbonyl (C=O) groups excluding carboxylic acids is 2. The van der Waals surface area contributed by atoms with Crippen LogP contribution in [0.4, 0.5) is 0 Å². The summed E-state index contributed by atoms with van der Waals surface area (Å²) in [5, 5.41) is 3.33. The first kappa shape index (κ1) is 17.9. The van der Waals surface area contributed by atoms with Crippen molar-refractivity contribution in [1.29, 1.82) is 0 Å². The van der Waals surface area contributed by atoms with Crippen LogP contribution in [0, 0.1) is 5.92 Å². The van der Waals surface area contributed by atoms with Crippen molar-refractivity contribution >= 4 is 11.8 Å². The van der Waals surface area contributed by atoms with Gasteiger partial charge < -0.3 is 15.1 Å². The lowest BCUT2D eigenvalue weighted by atomic mass is 9.94. The van der Waals surface area contributed by atoms with Gasteiger partial charge in [-0.15, -0.1) is 0 Å². The molecule has 1 unspecified atom stereocenters. The number of carbonyl (C=O) groups is 2. The fourth-order valence-electron chi connectivity index (χ4n) is 3.83. The van der Waals surface area contributed by atoms with Gasteiger partial charge in [0.05, 0.1) is 0 Å². The quantitative estimate of drug-likeness (QED) is 0.905. The second-order valence-corrected chi connectivity index (χ2v) is 7.23. The van der Waals surface area contributed by atoms with Crippen LogP contribution in [0.5, 0.6) is 0 Å². The Morgan fingerprint density at radius 3 is 2.52 bits per heavy atom. The number of rotatable bonds is 4. The van der Waals surface area contributed by atoms with Gasteiger partial charge in [0.1, 0.15) is 0 Å². The smallest absolute Gasteiger partial charge is 0.226 e. The van der Waals surface area contributed by atoms with Crippen molar-refractivity contribution in [2.75, 3.05) is 32.7 Å². The molecule has 0 spiro atoms. The Labute approximate surface area is 150 Å². The molecule has 2 heterocycles. The fraction of sp³-hybridized carbons (Fsp3) is 0.600. The lowest BCUT2D eigenvalue weighted by Gasteiger charge is -2.39. The number of hydrogen-bond acceptors (Lipinski definition) is 3. The van der Waals surface area contributed by atoms with Crippen LogP contribution in [0.15, 0.2) is 30.3 Å². The third-order valence-electron chi connectivity index (χ3n) is 5.45. The van der Waals surface area contributed by atoms with Gasteiger partial charge in [-0.1, -0.05) is 30.3 Å². The van der Waals surface area contributed by atoms with E-state index < -0.39 is 0 Å². The Morgan fingerprint density at radius 1 is 1.12 bits per heavy atom. The Bertz CT molecular complexity index is 582. The molecule has 1 aromatic carbocycles. The van der Waals surface area contributed by atoms with E-state index in [1.54, 1.807) is 0 Å². The zero-order valence-electron chi connectivity index (χ0n) is 15.1. The van der Waals surface area contributed by atoms with Crippen molar-refractivity contribution in [3.8, 4) is 0 Å². The SMILES string of the molecule is CC1CNCCN1C(=O)C1CCN(C(=O)CCc2ccccc2)CC1. The van der Waals surface area contributed by atoms with Crippen molar-refractivity contribution in [3.05, 3.63) is 35.9 Å². The van der Waals surface area contributed by atoms with Gasteiger partial charge in [-0.3, -0.25) is 9.59 Å². The lowest BCUT2D eigenvalue weighted by Crippen LogP contribution is -2.55. The van der Waals surface area contributed by atoms with Crippen LogP contribution in [-0.4, -0.2) is 60.4 Å². The first-order valence-electron chi connectivity index (χ1n) is 9.48. The minimum Gasteiger partial charge on any atom is -0.343 e. The highest BCUT2D eigenvalue weighted by atomic mass is 16.2. The fourth-order valence-corrected chi connectivity index (χ4v) is 3.83. The molecule has 1 atom stereocenters. The summed E-state index contributed by atoms with van der Waals surface area (Å²) in [6.45, 7) is 6.09. The Balaban J connectivity index is 1.44. The molecule has 0 aromatic heterocycles. The highest BCUT2D eigenvalue weighted by Crippen LogP contribution is 2.22. The molecule has 2 fully saturated rings. The average Bonchev–Trinajstić information content (AvgIpc) is 2.67. The number of benzene rings is 1. The molecule has 5 nitrogen and oxygen atoms in total. The van der Waals surface area contributed by atoms with Gasteiger partial charge in [0.15, 0.2) is 0 Å². The van der Waals surface area contributed by atoms with E-state index in [0.717, 1.165) is 38.9 Å². The first-order valence-corrected chi connectivity index (χ1v) is 9.48. The topological polar surface area (TPSA) is 52.7 Å². The zero-order chi connectivity index (χ0) is 17.6. The van der Waals surface area contributed by atoms with Crippen LogP contribution >= 0.6 is 0 Å². The van der Waals surface area contributed by atoms with Gasteiger partial charge >= 0.3 is 0 Å². The number of piperazine rings is 1. The number of aryl methyl sites for hydroxylation is 1. The standard InChI is InChI=1S/C20H29N3O2/c1-16-15-21-11-14-23(16)20(25)18-9-12-22(13-10-18)19(24)8-7-17-5-3-2-4-6-17/h2-6,16,18,21H,7-15H2,1H3. The monoisotopic (exact) mass is 343 g/mol. The molecular formula is C20H29N3O2. The number of likely N-dealkylation sites (tertiary alicyclic amines) is 1. The van der Waals surface area contributed by atoms with E-state index in [9.17, 15) is 9.59 Å². The number of piperidine rings is 1. The number of hydrogen-bond donors (Lipinski definition) is 1. The van der Waals surface area contributed by atoms with E-state index in [1.807, 2.05) is 28.0 Å². The van der Waals surface area contributed by atoms with Gasteiger partial charge in [0, 0.05) is 51.1 Å².